The van der Waals surface area contributed by atoms with Crippen molar-refractivity contribution < 1.29 is 8.78 Å². The van der Waals surface area contributed by atoms with Crippen molar-refractivity contribution >= 4 is 0 Å². The zero-order valence-corrected chi connectivity index (χ0v) is 8.40. The first-order valence-corrected chi connectivity index (χ1v) is 4.59. The maximum Gasteiger partial charge on any atom is 0.250 e. The van der Waals surface area contributed by atoms with E-state index in [0.717, 1.165) is 0 Å². The highest BCUT2D eigenvalue weighted by Gasteiger charge is 2.36. The molecule has 3 heteroatoms. The maximum absolute atomic E-state index is 12.6. The molecule has 0 saturated carbocycles. The molecule has 1 saturated heterocycles. The van der Waals surface area contributed by atoms with Gasteiger partial charge in [-0.1, -0.05) is 13.8 Å². The minimum atomic E-state index is -2.41. The molecule has 0 aromatic heterocycles. The lowest BCUT2D eigenvalue weighted by Crippen LogP contribution is -2.43. The first-order valence-electron chi connectivity index (χ1n) is 4.59. The van der Waals surface area contributed by atoms with Crippen LogP contribution >= 0.6 is 0 Å². The molecule has 1 aliphatic heterocycles. The van der Waals surface area contributed by atoms with Crippen LogP contribution in [0.2, 0.25) is 0 Å². The van der Waals surface area contributed by atoms with Gasteiger partial charge >= 0.3 is 0 Å². The minimum Gasteiger partial charge on any atom is -0.303 e. The Morgan fingerprint density at radius 2 is 1.83 bits per heavy atom. The molecule has 0 amide bonds. The second-order valence-corrected chi connectivity index (χ2v) is 3.14. The molecule has 0 radical (unpaired) electrons. The second-order valence-electron chi connectivity index (χ2n) is 3.14. The predicted octanol–water partition coefficient (Wildman–Crippen LogP) is 2.76. The molecule has 1 nitrogen and oxygen atoms in total. The van der Waals surface area contributed by atoms with Crippen molar-refractivity contribution in [3.63, 3.8) is 0 Å². The number of likely N-dealkylation sites (tertiary alicyclic amines) is 1. The molecule has 1 atom stereocenters. The molecule has 0 aromatic rings. The number of nitrogens with zero attached hydrogens (tertiary/aromatic N) is 1. The van der Waals surface area contributed by atoms with Crippen molar-refractivity contribution in [3.05, 3.63) is 0 Å². The smallest absolute Gasteiger partial charge is 0.250 e. The van der Waals surface area contributed by atoms with Crippen LogP contribution in [-0.4, -0.2) is 30.5 Å². The maximum atomic E-state index is 12.6. The first kappa shape index (κ1) is 11.8. The van der Waals surface area contributed by atoms with Gasteiger partial charge in [-0.3, -0.25) is 0 Å². The topological polar surface area (TPSA) is 3.24 Å². The van der Waals surface area contributed by atoms with Crippen LogP contribution in [0.1, 0.15) is 33.6 Å². The standard InChI is InChI=1S/C7H13F2N.C2H6/c1-6-5-7(8,9)3-4-10(6)2;1-2/h6H,3-5H2,1-2H3;1-2H3. The minimum absolute atomic E-state index is 0.0174. The molecule has 1 fully saturated rings. The van der Waals surface area contributed by atoms with Gasteiger partial charge in [0, 0.05) is 25.4 Å². The van der Waals surface area contributed by atoms with E-state index in [9.17, 15) is 8.78 Å². The fourth-order valence-electron chi connectivity index (χ4n) is 1.25. The van der Waals surface area contributed by atoms with E-state index in [0.29, 0.717) is 6.54 Å². The molecule has 0 aliphatic carbocycles. The van der Waals surface area contributed by atoms with Crippen LogP contribution in [0.5, 0.6) is 0 Å². The van der Waals surface area contributed by atoms with Crippen LogP contribution in [-0.2, 0) is 0 Å². The van der Waals surface area contributed by atoms with Crippen LogP contribution in [0.4, 0.5) is 8.78 Å². The summed E-state index contributed by atoms with van der Waals surface area (Å²) in [5, 5.41) is 0. The third-order valence-corrected chi connectivity index (χ3v) is 2.18. The van der Waals surface area contributed by atoms with Crippen LogP contribution in [0.3, 0.4) is 0 Å². The predicted molar refractivity (Wildman–Crippen MR) is 47.6 cm³/mol. The van der Waals surface area contributed by atoms with Crippen LogP contribution in [0, 0.1) is 0 Å². The third kappa shape index (κ3) is 3.48. The second kappa shape index (κ2) is 4.75. The number of hydrogen-bond donors (Lipinski definition) is 0. The summed E-state index contributed by atoms with van der Waals surface area (Å²) in [6, 6.07) is 0.0312. The van der Waals surface area contributed by atoms with Crippen molar-refractivity contribution in [1.29, 1.82) is 0 Å². The summed E-state index contributed by atoms with van der Waals surface area (Å²) in [5.41, 5.74) is 0. The zero-order chi connectivity index (χ0) is 9.78. The Bertz CT molecular complexity index is 126. The van der Waals surface area contributed by atoms with Crippen molar-refractivity contribution in [3.8, 4) is 0 Å². The lowest BCUT2D eigenvalue weighted by atomic mass is 10.0. The van der Waals surface area contributed by atoms with E-state index in [2.05, 4.69) is 0 Å². The fourth-order valence-corrected chi connectivity index (χ4v) is 1.25. The summed E-state index contributed by atoms with van der Waals surface area (Å²) in [6.07, 6.45) is 0.0390. The normalized spacial score (nSPS) is 29.0. The summed E-state index contributed by atoms with van der Waals surface area (Å²) in [4.78, 5) is 1.97. The highest BCUT2D eigenvalue weighted by Crippen LogP contribution is 2.30. The molecule has 1 heterocycles. The van der Waals surface area contributed by atoms with E-state index in [-0.39, 0.29) is 18.9 Å². The molecule has 0 N–H and O–H groups in total. The van der Waals surface area contributed by atoms with Gasteiger partial charge in [-0.25, -0.2) is 8.78 Å². The van der Waals surface area contributed by atoms with E-state index in [1.807, 2.05) is 32.7 Å². The molecular weight excluding hydrogens is 160 g/mol. The highest BCUT2D eigenvalue weighted by atomic mass is 19.3. The van der Waals surface area contributed by atoms with Gasteiger partial charge in [0.1, 0.15) is 0 Å². The molecule has 0 spiro atoms. The van der Waals surface area contributed by atoms with Crippen LogP contribution < -0.4 is 0 Å². The molecule has 1 rings (SSSR count). The number of rotatable bonds is 0. The third-order valence-electron chi connectivity index (χ3n) is 2.18. The number of hydrogen-bond acceptors (Lipinski definition) is 1. The van der Waals surface area contributed by atoms with Gasteiger partial charge < -0.3 is 4.90 Å². The summed E-state index contributed by atoms with van der Waals surface area (Å²) in [5.74, 6) is -2.41. The molecule has 74 valence electrons. The average molecular weight is 179 g/mol. The van der Waals surface area contributed by atoms with E-state index < -0.39 is 5.92 Å². The van der Waals surface area contributed by atoms with Gasteiger partial charge in [0.15, 0.2) is 0 Å². The molecular formula is C9H19F2N. The Balaban J connectivity index is 0.000000561. The number of halogens is 2. The Morgan fingerprint density at radius 1 is 1.33 bits per heavy atom. The highest BCUT2D eigenvalue weighted by molar-refractivity contribution is 4.81. The zero-order valence-electron chi connectivity index (χ0n) is 8.40. The van der Waals surface area contributed by atoms with Crippen molar-refractivity contribution in [2.24, 2.45) is 0 Å². The van der Waals surface area contributed by atoms with Crippen molar-refractivity contribution in [2.75, 3.05) is 13.6 Å². The van der Waals surface area contributed by atoms with Gasteiger partial charge in [0.25, 0.3) is 5.92 Å². The Labute approximate surface area is 73.7 Å². The van der Waals surface area contributed by atoms with E-state index >= 15 is 0 Å². The molecule has 12 heavy (non-hydrogen) atoms. The number of alkyl halides is 2. The SMILES string of the molecule is CC.CC1CC(F)(F)CCN1C. The summed E-state index contributed by atoms with van der Waals surface area (Å²) >= 11 is 0. The van der Waals surface area contributed by atoms with E-state index in [1.54, 1.807) is 0 Å². The Kier molecular flexibility index (Phi) is 4.68. The fraction of sp³-hybridized carbons (Fsp3) is 1.00. The van der Waals surface area contributed by atoms with Crippen LogP contribution in [0.25, 0.3) is 0 Å². The molecule has 1 aliphatic rings. The average Bonchev–Trinajstić information content (AvgIpc) is 2.01. The summed E-state index contributed by atoms with van der Waals surface area (Å²) in [6.45, 7) is 6.36. The molecule has 0 aromatic carbocycles. The summed E-state index contributed by atoms with van der Waals surface area (Å²) < 4.78 is 25.2. The van der Waals surface area contributed by atoms with E-state index in [4.69, 9.17) is 0 Å². The van der Waals surface area contributed by atoms with Gasteiger partial charge in [-0.2, -0.15) is 0 Å². The van der Waals surface area contributed by atoms with Crippen molar-refractivity contribution in [1.82, 2.24) is 4.90 Å². The summed E-state index contributed by atoms with van der Waals surface area (Å²) in [7, 11) is 1.89. The Hall–Kier alpha value is -0.180. The van der Waals surface area contributed by atoms with Gasteiger partial charge in [-0.15, -0.1) is 0 Å². The lowest BCUT2D eigenvalue weighted by molar-refractivity contribution is -0.0686. The quantitative estimate of drug-likeness (QED) is 0.552. The van der Waals surface area contributed by atoms with Crippen molar-refractivity contribution in [2.45, 2.75) is 45.6 Å². The van der Waals surface area contributed by atoms with Gasteiger partial charge in [-0.05, 0) is 14.0 Å². The molecule has 0 bridgehead atoms. The van der Waals surface area contributed by atoms with Gasteiger partial charge in [0.2, 0.25) is 0 Å². The number of piperidine rings is 1. The van der Waals surface area contributed by atoms with Gasteiger partial charge in [0.05, 0.1) is 0 Å². The van der Waals surface area contributed by atoms with E-state index in [1.165, 1.54) is 0 Å². The first-order chi connectivity index (χ1) is 5.51. The molecule has 1 unspecified atom stereocenters. The largest absolute Gasteiger partial charge is 0.303 e. The Morgan fingerprint density at radius 3 is 2.17 bits per heavy atom. The lowest BCUT2D eigenvalue weighted by Gasteiger charge is -2.34. The monoisotopic (exact) mass is 179 g/mol. The van der Waals surface area contributed by atoms with Crippen LogP contribution in [0.15, 0.2) is 0 Å².